The van der Waals surface area contributed by atoms with Gasteiger partial charge in [0.25, 0.3) is 5.91 Å². The summed E-state index contributed by atoms with van der Waals surface area (Å²) in [5, 5.41) is 7.42. The van der Waals surface area contributed by atoms with E-state index in [1.165, 1.54) is 12.1 Å². The molecule has 1 fully saturated rings. The number of amides is 1. The minimum atomic E-state index is -0.302. The third-order valence-corrected chi connectivity index (χ3v) is 4.74. The largest absolute Gasteiger partial charge is 0.379 e. The summed E-state index contributed by atoms with van der Waals surface area (Å²) in [4.78, 5) is 19.2. The SMILES string of the molecule is C[C@H](CN1CCOCC1)NC(=O)c1cc2nccc(-c3ccc(F)cc3)n2n1. The van der Waals surface area contributed by atoms with E-state index in [1.54, 1.807) is 35.0 Å². The monoisotopic (exact) mass is 383 g/mol. The second kappa shape index (κ2) is 8.04. The molecule has 0 unspecified atom stereocenters. The number of ether oxygens (including phenoxy) is 1. The number of carbonyl (C=O) groups excluding carboxylic acids is 1. The maximum atomic E-state index is 13.2. The molecule has 1 saturated heterocycles. The quantitative estimate of drug-likeness (QED) is 0.730. The highest BCUT2D eigenvalue weighted by Crippen LogP contribution is 2.20. The molecule has 0 bridgehead atoms. The number of fused-ring (bicyclic) bond motifs is 1. The molecule has 1 aliphatic heterocycles. The summed E-state index contributed by atoms with van der Waals surface area (Å²) in [5.41, 5.74) is 2.40. The van der Waals surface area contributed by atoms with Crippen LogP contribution in [-0.2, 0) is 4.74 Å². The van der Waals surface area contributed by atoms with Crippen molar-refractivity contribution >= 4 is 11.6 Å². The number of carbonyl (C=O) groups is 1. The first-order chi connectivity index (χ1) is 13.6. The number of nitrogens with zero attached hydrogens (tertiary/aromatic N) is 4. The fourth-order valence-corrected chi connectivity index (χ4v) is 3.36. The summed E-state index contributed by atoms with van der Waals surface area (Å²) >= 11 is 0. The van der Waals surface area contributed by atoms with E-state index in [0.29, 0.717) is 11.3 Å². The van der Waals surface area contributed by atoms with Crippen LogP contribution in [-0.4, -0.2) is 64.3 Å². The average molecular weight is 383 g/mol. The number of halogens is 1. The predicted molar refractivity (Wildman–Crippen MR) is 103 cm³/mol. The van der Waals surface area contributed by atoms with Crippen molar-refractivity contribution in [1.29, 1.82) is 0 Å². The van der Waals surface area contributed by atoms with E-state index in [9.17, 15) is 9.18 Å². The Hall–Kier alpha value is -2.84. The summed E-state index contributed by atoms with van der Waals surface area (Å²) < 4.78 is 20.2. The van der Waals surface area contributed by atoms with Crippen molar-refractivity contribution in [2.75, 3.05) is 32.8 Å². The standard InChI is InChI=1S/C20H22FN5O2/c1-14(13-25-8-10-28-11-9-25)23-20(27)17-12-19-22-7-6-18(26(19)24-17)15-2-4-16(21)5-3-15/h2-7,12,14H,8-11,13H2,1H3,(H,23,27)/t14-/m1/s1. The first-order valence-corrected chi connectivity index (χ1v) is 9.32. The molecular formula is C20H22FN5O2. The summed E-state index contributed by atoms with van der Waals surface area (Å²) in [6, 6.07) is 9.57. The number of hydrogen-bond acceptors (Lipinski definition) is 5. The molecule has 3 heterocycles. The molecule has 0 saturated carbocycles. The molecule has 1 N–H and O–H groups in total. The average Bonchev–Trinajstić information content (AvgIpc) is 3.14. The van der Waals surface area contributed by atoms with Gasteiger partial charge >= 0.3 is 0 Å². The van der Waals surface area contributed by atoms with E-state index >= 15 is 0 Å². The zero-order valence-electron chi connectivity index (χ0n) is 15.6. The molecule has 3 aromatic rings. The fourth-order valence-electron chi connectivity index (χ4n) is 3.36. The van der Waals surface area contributed by atoms with Crippen LogP contribution in [0.5, 0.6) is 0 Å². The van der Waals surface area contributed by atoms with Gasteiger partial charge in [0, 0.05) is 43.5 Å². The minimum absolute atomic E-state index is 0.0139. The second-order valence-corrected chi connectivity index (χ2v) is 6.92. The molecule has 1 aliphatic rings. The van der Waals surface area contributed by atoms with E-state index in [2.05, 4.69) is 20.3 Å². The third kappa shape index (κ3) is 4.02. The van der Waals surface area contributed by atoms with Gasteiger partial charge in [-0.05, 0) is 37.3 Å². The summed E-state index contributed by atoms with van der Waals surface area (Å²) in [5.74, 6) is -0.542. The molecule has 0 radical (unpaired) electrons. The van der Waals surface area contributed by atoms with Crippen LogP contribution in [0.1, 0.15) is 17.4 Å². The van der Waals surface area contributed by atoms with Gasteiger partial charge in [-0.3, -0.25) is 9.69 Å². The fraction of sp³-hybridized carbons (Fsp3) is 0.350. The highest BCUT2D eigenvalue weighted by atomic mass is 19.1. The summed E-state index contributed by atoms with van der Waals surface area (Å²) in [7, 11) is 0. The van der Waals surface area contributed by atoms with Crippen molar-refractivity contribution in [3.63, 3.8) is 0 Å². The molecule has 146 valence electrons. The van der Waals surface area contributed by atoms with Crippen LogP contribution in [0.3, 0.4) is 0 Å². The zero-order valence-corrected chi connectivity index (χ0v) is 15.6. The number of rotatable bonds is 5. The lowest BCUT2D eigenvalue weighted by Crippen LogP contribution is -2.46. The molecule has 0 spiro atoms. The minimum Gasteiger partial charge on any atom is -0.379 e. The van der Waals surface area contributed by atoms with Crippen LogP contribution >= 0.6 is 0 Å². The van der Waals surface area contributed by atoms with Gasteiger partial charge in [-0.2, -0.15) is 5.10 Å². The van der Waals surface area contributed by atoms with Gasteiger partial charge < -0.3 is 10.1 Å². The number of hydrogen-bond donors (Lipinski definition) is 1. The van der Waals surface area contributed by atoms with E-state index in [4.69, 9.17) is 4.74 Å². The highest BCUT2D eigenvalue weighted by Gasteiger charge is 2.18. The normalized spacial score (nSPS) is 16.2. The molecule has 8 heteroatoms. The van der Waals surface area contributed by atoms with Crippen molar-refractivity contribution < 1.29 is 13.9 Å². The van der Waals surface area contributed by atoms with Crippen LogP contribution in [0, 0.1) is 5.82 Å². The van der Waals surface area contributed by atoms with Crippen LogP contribution in [0.2, 0.25) is 0 Å². The Balaban J connectivity index is 1.51. The maximum absolute atomic E-state index is 13.2. The third-order valence-electron chi connectivity index (χ3n) is 4.74. The molecular weight excluding hydrogens is 361 g/mol. The smallest absolute Gasteiger partial charge is 0.272 e. The Kier molecular flexibility index (Phi) is 5.31. The van der Waals surface area contributed by atoms with E-state index in [-0.39, 0.29) is 17.8 Å². The van der Waals surface area contributed by atoms with Crippen LogP contribution in [0.4, 0.5) is 4.39 Å². The zero-order chi connectivity index (χ0) is 19.5. The molecule has 4 rings (SSSR count). The van der Waals surface area contributed by atoms with Gasteiger partial charge in [-0.15, -0.1) is 0 Å². The number of morpholine rings is 1. The Morgan fingerprint density at radius 1 is 1.25 bits per heavy atom. The Morgan fingerprint density at radius 3 is 2.75 bits per heavy atom. The van der Waals surface area contributed by atoms with Crippen molar-refractivity contribution in [3.05, 3.63) is 54.1 Å². The molecule has 0 aliphatic carbocycles. The van der Waals surface area contributed by atoms with Crippen molar-refractivity contribution in [2.45, 2.75) is 13.0 Å². The number of aromatic nitrogens is 3. The lowest BCUT2D eigenvalue weighted by molar-refractivity contribution is 0.0342. The van der Waals surface area contributed by atoms with Gasteiger partial charge in [0.15, 0.2) is 11.3 Å². The van der Waals surface area contributed by atoms with Gasteiger partial charge in [0.2, 0.25) is 0 Å². The van der Waals surface area contributed by atoms with Crippen molar-refractivity contribution in [1.82, 2.24) is 24.8 Å². The molecule has 2 aromatic heterocycles. The van der Waals surface area contributed by atoms with Gasteiger partial charge in [-0.1, -0.05) is 0 Å². The van der Waals surface area contributed by atoms with Crippen LogP contribution < -0.4 is 5.32 Å². The van der Waals surface area contributed by atoms with E-state index in [0.717, 1.165) is 44.1 Å². The molecule has 1 atom stereocenters. The number of nitrogens with one attached hydrogen (secondary N) is 1. The Morgan fingerprint density at radius 2 is 2.00 bits per heavy atom. The Bertz CT molecular complexity index is 966. The molecule has 1 amide bonds. The summed E-state index contributed by atoms with van der Waals surface area (Å²) in [6.07, 6.45) is 1.65. The lowest BCUT2D eigenvalue weighted by atomic mass is 10.1. The van der Waals surface area contributed by atoms with Gasteiger partial charge in [-0.25, -0.2) is 13.9 Å². The Labute approximate surface area is 162 Å². The second-order valence-electron chi connectivity index (χ2n) is 6.92. The molecule has 1 aromatic carbocycles. The van der Waals surface area contributed by atoms with E-state index in [1.807, 2.05) is 6.92 Å². The van der Waals surface area contributed by atoms with E-state index < -0.39 is 0 Å². The molecule has 7 nitrogen and oxygen atoms in total. The van der Waals surface area contributed by atoms with Crippen LogP contribution in [0.25, 0.3) is 16.9 Å². The van der Waals surface area contributed by atoms with Gasteiger partial charge in [0.1, 0.15) is 5.82 Å². The van der Waals surface area contributed by atoms with Crippen molar-refractivity contribution in [2.24, 2.45) is 0 Å². The highest BCUT2D eigenvalue weighted by molar-refractivity contribution is 5.93. The maximum Gasteiger partial charge on any atom is 0.272 e. The predicted octanol–water partition coefficient (Wildman–Crippen LogP) is 1.99. The van der Waals surface area contributed by atoms with Crippen LogP contribution in [0.15, 0.2) is 42.6 Å². The topological polar surface area (TPSA) is 71.8 Å². The molecule has 28 heavy (non-hydrogen) atoms. The first-order valence-electron chi connectivity index (χ1n) is 9.32. The van der Waals surface area contributed by atoms with Gasteiger partial charge in [0.05, 0.1) is 18.9 Å². The summed E-state index contributed by atoms with van der Waals surface area (Å²) in [6.45, 7) is 5.95. The first kappa shape index (κ1) is 18.5. The number of benzene rings is 1. The van der Waals surface area contributed by atoms with Crippen molar-refractivity contribution in [3.8, 4) is 11.3 Å². The lowest BCUT2D eigenvalue weighted by Gasteiger charge is -2.29.